The summed E-state index contributed by atoms with van der Waals surface area (Å²) in [6.07, 6.45) is 3.43. The number of carbonyl (C=O) groups is 1. The van der Waals surface area contributed by atoms with Crippen molar-refractivity contribution in [1.82, 2.24) is 0 Å². The van der Waals surface area contributed by atoms with Crippen LogP contribution in [0.15, 0.2) is 0 Å². The third-order valence-electron chi connectivity index (χ3n) is 4.95. The highest BCUT2D eigenvalue weighted by atomic mass is 35.5. The topological polar surface area (TPSA) is 26.3 Å². The van der Waals surface area contributed by atoms with Gasteiger partial charge in [-0.15, -0.1) is 0 Å². The molecule has 0 aromatic rings. The second-order valence-electron chi connectivity index (χ2n) is 5.45. The van der Waals surface area contributed by atoms with Crippen LogP contribution in [0.25, 0.3) is 0 Å². The first-order valence-corrected chi connectivity index (χ1v) is 5.62. The van der Waals surface area contributed by atoms with E-state index < -0.39 is 5.43 Å². The Morgan fingerprint density at radius 3 is 2.43 bits per heavy atom. The Morgan fingerprint density at radius 2 is 2.07 bits per heavy atom. The lowest BCUT2D eigenvalue weighted by molar-refractivity contribution is 0.00612. The van der Waals surface area contributed by atoms with E-state index in [4.69, 9.17) is 16.3 Å². The van der Waals surface area contributed by atoms with Crippen LogP contribution in [0.1, 0.15) is 40.0 Å². The quantitative estimate of drug-likeness (QED) is 0.627. The predicted molar refractivity (Wildman–Crippen MR) is 55.4 cm³/mol. The molecule has 0 radical (unpaired) electrons. The van der Waals surface area contributed by atoms with Gasteiger partial charge in [0, 0.05) is 17.0 Å². The number of halogens is 1. The molecule has 80 valence electrons. The van der Waals surface area contributed by atoms with Gasteiger partial charge in [0.25, 0.3) is 0 Å². The van der Waals surface area contributed by atoms with Crippen LogP contribution < -0.4 is 0 Å². The van der Waals surface area contributed by atoms with E-state index in [1.165, 1.54) is 6.42 Å². The van der Waals surface area contributed by atoms with Gasteiger partial charge in [0.1, 0.15) is 6.10 Å². The van der Waals surface area contributed by atoms with Crippen molar-refractivity contribution in [2.45, 2.75) is 46.1 Å². The average Bonchev–Trinajstić information content (AvgIpc) is 2.35. The van der Waals surface area contributed by atoms with Crippen molar-refractivity contribution < 1.29 is 9.53 Å². The molecule has 0 aromatic carbocycles. The SMILES string of the molecule is CC1(C)C2CC[C@]1(C)C(OC(=O)Cl)C2. The highest BCUT2D eigenvalue weighted by Crippen LogP contribution is 2.66. The van der Waals surface area contributed by atoms with Gasteiger partial charge in [0.15, 0.2) is 0 Å². The fourth-order valence-electron chi connectivity index (χ4n) is 3.42. The first kappa shape index (κ1) is 10.3. The molecule has 2 saturated carbocycles. The van der Waals surface area contributed by atoms with E-state index in [1.807, 2.05) is 0 Å². The van der Waals surface area contributed by atoms with Crippen LogP contribution in [0.2, 0.25) is 0 Å². The minimum absolute atomic E-state index is 0.0289. The van der Waals surface area contributed by atoms with Gasteiger partial charge in [-0.3, -0.25) is 0 Å². The molecule has 14 heavy (non-hydrogen) atoms. The van der Waals surface area contributed by atoms with Crippen LogP contribution >= 0.6 is 11.6 Å². The fraction of sp³-hybridized carbons (Fsp3) is 0.909. The normalized spacial score (nSPS) is 44.0. The van der Waals surface area contributed by atoms with Crippen molar-refractivity contribution in [1.29, 1.82) is 0 Å². The van der Waals surface area contributed by atoms with Crippen molar-refractivity contribution in [2.24, 2.45) is 16.7 Å². The van der Waals surface area contributed by atoms with Crippen LogP contribution in [0.3, 0.4) is 0 Å². The molecule has 0 N–H and O–H groups in total. The number of ether oxygens (including phenoxy) is 1. The molecule has 2 bridgehead atoms. The van der Waals surface area contributed by atoms with Gasteiger partial charge in [-0.2, -0.15) is 0 Å². The monoisotopic (exact) mass is 216 g/mol. The first-order chi connectivity index (χ1) is 6.38. The predicted octanol–water partition coefficient (Wildman–Crippen LogP) is 3.58. The molecule has 3 heteroatoms. The highest BCUT2D eigenvalue weighted by molar-refractivity contribution is 6.61. The van der Waals surface area contributed by atoms with Crippen molar-refractivity contribution in [3.8, 4) is 0 Å². The average molecular weight is 217 g/mol. The van der Waals surface area contributed by atoms with Gasteiger partial charge >= 0.3 is 5.43 Å². The largest absolute Gasteiger partial charge is 0.450 e. The lowest BCUT2D eigenvalue weighted by Crippen LogP contribution is -2.37. The van der Waals surface area contributed by atoms with E-state index in [9.17, 15) is 4.79 Å². The molecular formula is C11H17ClO2. The summed E-state index contributed by atoms with van der Waals surface area (Å²) in [5.41, 5.74) is -0.244. The summed E-state index contributed by atoms with van der Waals surface area (Å²) in [6, 6.07) is 0. The van der Waals surface area contributed by atoms with Crippen LogP contribution in [-0.4, -0.2) is 11.5 Å². The number of fused-ring (bicyclic) bond motifs is 2. The molecule has 0 aromatic heterocycles. The molecule has 0 aliphatic heterocycles. The Hall–Kier alpha value is -0.240. The molecule has 2 nitrogen and oxygen atoms in total. The summed E-state index contributed by atoms with van der Waals surface area (Å²) in [5, 5.41) is 0. The summed E-state index contributed by atoms with van der Waals surface area (Å²) < 4.78 is 5.21. The number of hydrogen-bond donors (Lipinski definition) is 0. The van der Waals surface area contributed by atoms with Gasteiger partial charge in [0.05, 0.1) is 0 Å². The van der Waals surface area contributed by atoms with E-state index >= 15 is 0 Å². The third-order valence-corrected chi connectivity index (χ3v) is 5.04. The van der Waals surface area contributed by atoms with Crippen molar-refractivity contribution in [2.75, 3.05) is 0 Å². The zero-order valence-corrected chi connectivity index (χ0v) is 9.73. The number of hydrogen-bond acceptors (Lipinski definition) is 2. The second kappa shape index (κ2) is 2.88. The smallest absolute Gasteiger partial charge is 0.404 e. The van der Waals surface area contributed by atoms with Crippen LogP contribution in [-0.2, 0) is 4.74 Å². The second-order valence-corrected chi connectivity index (χ2v) is 5.76. The zero-order chi connectivity index (χ0) is 10.6. The maximum Gasteiger partial charge on any atom is 0.404 e. The fourth-order valence-corrected chi connectivity index (χ4v) is 3.53. The maximum absolute atomic E-state index is 10.8. The van der Waals surface area contributed by atoms with Crippen molar-refractivity contribution in [3.63, 3.8) is 0 Å². The summed E-state index contributed by atoms with van der Waals surface area (Å²) >= 11 is 5.29. The Kier molecular flexibility index (Phi) is 2.11. The van der Waals surface area contributed by atoms with Gasteiger partial charge < -0.3 is 4.74 Å². The zero-order valence-electron chi connectivity index (χ0n) is 8.97. The van der Waals surface area contributed by atoms with E-state index in [0.29, 0.717) is 5.92 Å². The highest BCUT2D eigenvalue weighted by Gasteiger charge is 2.62. The van der Waals surface area contributed by atoms with E-state index in [2.05, 4.69) is 20.8 Å². The van der Waals surface area contributed by atoms with Crippen LogP contribution in [0, 0.1) is 16.7 Å². The molecule has 2 unspecified atom stereocenters. The lowest BCUT2D eigenvalue weighted by Gasteiger charge is -2.38. The van der Waals surface area contributed by atoms with Gasteiger partial charge in [-0.05, 0) is 30.6 Å². The molecule has 2 aliphatic rings. The maximum atomic E-state index is 10.8. The van der Waals surface area contributed by atoms with Gasteiger partial charge in [0.2, 0.25) is 0 Å². The molecule has 0 saturated heterocycles. The Balaban J connectivity index is 2.23. The van der Waals surface area contributed by atoms with E-state index in [0.717, 1.165) is 12.8 Å². The van der Waals surface area contributed by atoms with Crippen LogP contribution in [0.5, 0.6) is 0 Å². The summed E-state index contributed by atoms with van der Waals surface area (Å²) in [5.74, 6) is 0.688. The third kappa shape index (κ3) is 1.13. The molecule has 2 rings (SSSR count). The Labute approximate surface area is 90.0 Å². The Morgan fingerprint density at radius 1 is 1.43 bits per heavy atom. The standard InChI is InChI=1S/C11H17ClO2/c1-10(2)7-4-5-11(10,3)8(6-7)14-9(12)13/h7-8H,4-6H2,1-3H3/t7?,8?,11-/m1/s1. The van der Waals surface area contributed by atoms with E-state index in [1.54, 1.807) is 0 Å². The van der Waals surface area contributed by atoms with Crippen molar-refractivity contribution in [3.05, 3.63) is 0 Å². The summed E-state index contributed by atoms with van der Waals surface area (Å²) in [7, 11) is 0. The number of carbonyl (C=O) groups excluding carboxylic acids is 1. The molecule has 2 aliphatic carbocycles. The molecule has 3 atom stereocenters. The molecule has 0 spiro atoms. The Bertz CT molecular complexity index is 274. The van der Waals surface area contributed by atoms with Gasteiger partial charge in [-0.25, -0.2) is 4.79 Å². The van der Waals surface area contributed by atoms with Crippen LogP contribution in [0.4, 0.5) is 4.79 Å². The summed E-state index contributed by atoms with van der Waals surface area (Å²) in [6.45, 7) is 6.80. The molecule has 0 amide bonds. The first-order valence-electron chi connectivity index (χ1n) is 5.24. The lowest BCUT2D eigenvalue weighted by atomic mass is 9.70. The number of rotatable bonds is 1. The summed E-state index contributed by atoms with van der Waals surface area (Å²) in [4.78, 5) is 10.8. The minimum Gasteiger partial charge on any atom is -0.450 e. The van der Waals surface area contributed by atoms with Gasteiger partial charge in [-0.1, -0.05) is 20.8 Å². The van der Waals surface area contributed by atoms with Crippen molar-refractivity contribution >= 4 is 17.0 Å². The molecular weight excluding hydrogens is 200 g/mol. The van der Waals surface area contributed by atoms with E-state index in [-0.39, 0.29) is 16.9 Å². The molecule has 0 heterocycles. The molecule has 2 fully saturated rings. The minimum atomic E-state index is -0.653.